The predicted octanol–water partition coefficient (Wildman–Crippen LogP) is 4.40. The summed E-state index contributed by atoms with van der Waals surface area (Å²) < 4.78 is 6.32. The number of benzene rings is 3. The molecule has 3 aromatic carbocycles. The molecule has 1 aliphatic heterocycles. The highest BCUT2D eigenvalue weighted by Crippen LogP contribution is 2.41. The minimum Gasteiger partial charge on any atom is -0.480 e. The number of carboxylic acid groups (broad SMARTS) is 1. The van der Waals surface area contributed by atoms with Gasteiger partial charge in [0, 0.05) is 21.2 Å². The molecule has 0 saturated carbocycles. The largest absolute Gasteiger partial charge is 0.480 e. The number of fused-ring (bicyclic) bond motifs is 1. The topological polar surface area (TPSA) is 108 Å². The summed E-state index contributed by atoms with van der Waals surface area (Å²) in [5.41, 5.74) is 2.79. The number of hydrogen-bond donors (Lipinski definition) is 3. The third-order valence-corrected chi connectivity index (χ3v) is 6.20. The summed E-state index contributed by atoms with van der Waals surface area (Å²) in [6.07, 6.45) is -1.86. The Hall–Kier alpha value is -3.59. The molecule has 0 bridgehead atoms. The van der Waals surface area contributed by atoms with Gasteiger partial charge in [0.15, 0.2) is 6.10 Å². The van der Waals surface area contributed by atoms with E-state index in [2.05, 4.69) is 10.6 Å². The number of carboxylic acids is 1. The van der Waals surface area contributed by atoms with Gasteiger partial charge < -0.3 is 25.4 Å². The molecular formula is C26H23Cl2N3O5. The van der Waals surface area contributed by atoms with Crippen molar-refractivity contribution in [3.63, 3.8) is 0 Å². The average molecular weight is 528 g/mol. The number of halogens is 2. The van der Waals surface area contributed by atoms with Crippen LogP contribution < -0.4 is 15.5 Å². The summed E-state index contributed by atoms with van der Waals surface area (Å²) in [5.74, 6) is -1.57. The summed E-state index contributed by atoms with van der Waals surface area (Å²) in [5, 5.41) is 14.4. The van der Waals surface area contributed by atoms with Crippen LogP contribution in [0.3, 0.4) is 0 Å². The van der Waals surface area contributed by atoms with Crippen LogP contribution in [0.1, 0.15) is 22.8 Å². The number of rotatable bonds is 7. The van der Waals surface area contributed by atoms with E-state index in [0.29, 0.717) is 26.9 Å². The molecule has 0 saturated heterocycles. The van der Waals surface area contributed by atoms with Gasteiger partial charge in [0.2, 0.25) is 0 Å². The number of urea groups is 1. The monoisotopic (exact) mass is 527 g/mol. The van der Waals surface area contributed by atoms with Crippen LogP contribution in [-0.4, -0.2) is 42.2 Å². The van der Waals surface area contributed by atoms with Crippen LogP contribution in [0.2, 0.25) is 10.0 Å². The molecule has 186 valence electrons. The quantitative estimate of drug-likeness (QED) is 0.422. The van der Waals surface area contributed by atoms with Crippen molar-refractivity contribution in [2.24, 2.45) is 0 Å². The highest BCUT2D eigenvalue weighted by Gasteiger charge is 2.37. The van der Waals surface area contributed by atoms with Gasteiger partial charge in [-0.25, -0.2) is 4.79 Å². The fourth-order valence-corrected chi connectivity index (χ4v) is 4.38. The van der Waals surface area contributed by atoms with Crippen LogP contribution in [0.4, 0.5) is 10.5 Å². The van der Waals surface area contributed by atoms with E-state index < -0.39 is 30.8 Å². The van der Waals surface area contributed by atoms with Gasteiger partial charge in [-0.3, -0.25) is 9.59 Å². The molecule has 3 N–H and O–H groups in total. The Morgan fingerprint density at radius 3 is 2.39 bits per heavy atom. The Morgan fingerprint density at radius 1 is 0.944 bits per heavy atom. The van der Waals surface area contributed by atoms with Crippen LogP contribution in [-0.2, 0) is 20.9 Å². The van der Waals surface area contributed by atoms with Crippen molar-refractivity contribution in [2.75, 3.05) is 18.0 Å². The number of nitrogens with zero attached hydrogens (tertiary/aromatic N) is 1. The van der Waals surface area contributed by atoms with Crippen molar-refractivity contribution in [3.8, 4) is 0 Å². The van der Waals surface area contributed by atoms with Crippen LogP contribution in [0.25, 0.3) is 0 Å². The van der Waals surface area contributed by atoms with Crippen LogP contribution in [0.5, 0.6) is 0 Å². The Morgan fingerprint density at radius 2 is 1.67 bits per heavy atom. The third-order valence-electron chi connectivity index (χ3n) is 5.62. The summed E-state index contributed by atoms with van der Waals surface area (Å²) in [6.45, 7) is -0.496. The molecule has 0 radical (unpaired) electrons. The van der Waals surface area contributed by atoms with Crippen molar-refractivity contribution in [1.82, 2.24) is 10.6 Å². The van der Waals surface area contributed by atoms with Crippen molar-refractivity contribution < 1.29 is 24.2 Å². The maximum Gasteiger partial charge on any atom is 0.323 e. The molecule has 1 aliphatic rings. The number of hydrogen-bond acceptors (Lipinski definition) is 4. The Balaban J connectivity index is 1.74. The van der Waals surface area contributed by atoms with Crippen molar-refractivity contribution in [1.29, 1.82) is 0 Å². The number of carbonyl (C=O) groups is 3. The lowest BCUT2D eigenvalue weighted by Gasteiger charge is -2.25. The maximum atomic E-state index is 13.8. The van der Waals surface area contributed by atoms with E-state index in [-0.39, 0.29) is 19.0 Å². The number of ether oxygens (including phenoxy) is 1. The Bertz CT molecular complexity index is 1270. The van der Waals surface area contributed by atoms with E-state index in [9.17, 15) is 14.4 Å². The lowest BCUT2D eigenvalue weighted by Crippen LogP contribution is -2.48. The number of anilines is 1. The smallest absolute Gasteiger partial charge is 0.323 e. The van der Waals surface area contributed by atoms with Crippen LogP contribution in [0, 0.1) is 0 Å². The highest BCUT2D eigenvalue weighted by atomic mass is 35.5. The number of nitrogens with one attached hydrogen (secondary N) is 2. The SMILES string of the molecule is O=C(O)CNC(=O)NC[C@@H]1O[C@@H](c2ccccc2Cl)c2cc(Cl)ccc2N(Cc2ccccc2)C1=O. The first-order valence-electron chi connectivity index (χ1n) is 11.1. The second kappa shape index (κ2) is 11.4. The van der Waals surface area contributed by atoms with Gasteiger partial charge in [0.05, 0.1) is 18.8 Å². The molecule has 0 spiro atoms. The molecule has 36 heavy (non-hydrogen) atoms. The zero-order valence-corrected chi connectivity index (χ0v) is 20.5. The highest BCUT2D eigenvalue weighted by molar-refractivity contribution is 6.31. The summed E-state index contributed by atoms with van der Waals surface area (Å²) >= 11 is 12.9. The molecule has 8 nitrogen and oxygen atoms in total. The molecule has 0 unspecified atom stereocenters. The Kier molecular flexibility index (Phi) is 8.10. The molecule has 3 aromatic rings. The van der Waals surface area contributed by atoms with Crippen LogP contribution in [0.15, 0.2) is 72.8 Å². The molecule has 0 fully saturated rings. The first kappa shape index (κ1) is 25.5. The molecule has 2 atom stereocenters. The Labute approximate surface area is 217 Å². The number of aliphatic carboxylic acids is 1. The van der Waals surface area contributed by atoms with Crippen molar-refractivity contribution >= 4 is 46.8 Å². The van der Waals surface area contributed by atoms with Gasteiger partial charge in [-0.2, -0.15) is 0 Å². The molecule has 3 amide bonds. The van der Waals surface area contributed by atoms with Crippen molar-refractivity contribution in [3.05, 3.63) is 99.5 Å². The molecule has 4 rings (SSSR count). The van der Waals surface area contributed by atoms with Gasteiger partial charge in [-0.15, -0.1) is 0 Å². The predicted molar refractivity (Wildman–Crippen MR) is 136 cm³/mol. The van der Waals surface area contributed by atoms with E-state index >= 15 is 0 Å². The van der Waals surface area contributed by atoms with Crippen LogP contribution >= 0.6 is 23.2 Å². The van der Waals surface area contributed by atoms with Gasteiger partial charge in [-0.05, 0) is 29.8 Å². The number of carbonyl (C=O) groups excluding carboxylic acids is 2. The maximum absolute atomic E-state index is 13.8. The average Bonchev–Trinajstić information content (AvgIpc) is 2.97. The molecule has 1 heterocycles. The minimum absolute atomic E-state index is 0.196. The van der Waals surface area contributed by atoms with E-state index in [0.717, 1.165) is 5.56 Å². The van der Waals surface area contributed by atoms with Gasteiger partial charge in [0.1, 0.15) is 12.6 Å². The van der Waals surface area contributed by atoms with Gasteiger partial charge in [-0.1, -0.05) is 71.7 Å². The third kappa shape index (κ3) is 5.96. The van der Waals surface area contributed by atoms with E-state index in [1.54, 1.807) is 41.3 Å². The van der Waals surface area contributed by atoms with Crippen molar-refractivity contribution in [2.45, 2.75) is 18.8 Å². The second-order valence-electron chi connectivity index (χ2n) is 8.10. The molecule has 10 heteroatoms. The lowest BCUT2D eigenvalue weighted by atomic mass is 9.99. The second-order valence-corrected chi connectivity index (χ2v) is 8.94. The molecular weight excluding hydrogens is 505 g/mol. The summed E-state index contributed by atoms with van der Waals surface area (Å²) in [7, 11) is 0. The fourth-order valence-electron chi connectivity index (χ4n) is 3.97. The van der Waals surface area contributed by atoms with Gasteiger partial charge >= 0.3 is 12.0 Å². The fraction of sp³-hybridized carbons (Fsp3) is 0.192. The zero-order valence-electron chi connectivity index (χ0n) is 19.0. The lowest BCUT2D eigenvalue weighted by molar-refractivity contribution is -0.136. The minimum atomic E-state index is -1.19. The van der Waals surface area contributed by atoms with E-state index in [4.69, 9.17) is 33.0 Å². The van der Waals surface area contributed by atoms with Gasteiger partial charge in [0.25, 0.3) is 5.91 Å². The first-order chi connectivity index (χ1) is 17.3. The standard InChI is InChI=1S/C26H23Cl2N3O5/c27-17-10-11-21-19(12-17)24(18-8-4-5-9-20(18)28)36-22(13-29-26(35)30-14-23(32)33)25(34)31(21)15-16-6-2-1-3-7-16/h1-12,22,24H,13-15H2,(H,32,33)(H2,29,30,35)/t22-,24-/m0/s1. The molecule has 0 aliphatic carbocycles. The van der Waals surface area contributed by atoms with E-state index in [1.165, 1.54) is 0 Å². The first-order valence-corrected chi connectivity index (χ1v) is 11.9. The molecule has 0 aromatic heterocycles. The normalized spacial score (nSPS) is 17.2. The summed E-state index contributed by atoms with van der Waals surface area (Å²) in [4.78, 5) is 38.3. The summed E-state index contributed by atoms with van der Waals surface area (Å²) in [6, 6.07) is 21.1. The van der Waals surface area contributed by atoms with E-state index in [1.807, 2.05) is 36.4 Å². The zero-order chi connectivity index (χ0) is 25.7. The number of amides is 3.